The lowest BCUT2D eigenvalue weighted by Gasteiger charge is -2.03. The van der Waals surface area contributed by atoms with E-state index in [1.807, 2.05) is 0 Å². The number of carbonyl (C=O) groups excluding carboxylic acids is 1. The van der Waals surface area contributed by atoms with Crippen LogP contribution in [0.2, 0.25) is 0 Å². The molecule has 1 heterocycles. The van der Waals surface area contributed by atoms with Crippen molar-refractivity contribution in [2.45, 2.75) is 12.8 Å². The number of hydrogen-bond acceptors (Lipinski definition) is 4. The van der Waals surface area contributed by atoms with Gasteiger partial charge in [-0.05, 0) is 30.3 Å². The molecule has 2 aromatic carbocycles. The molecule has 0 saturated heterocycles. The molecule has 1 N–H and O–H groups in total. The molecule has 0 aliphatic carbocycles. The predicted molar refractivity (Wildman–Crippen MR) is 83.0 cm³/mol. The van der Waals surface area contributed by atoms with Crippen LogP contribution >= 0.6 is 0 Å². The maximum atomic E-state index is 13.7. The van der Waals surface area contributed by atoms with Gasteiger partial charge in [0.05, 0.1) is 5.56 Å². The van der Waals surface area contributed by atoms with Crippen molar-refractivity contribution in [1.82, 2.24) is 10.2 Å². The first kappa shape index (κ1) is 15.8. The third-order valence-corrected chi connectivity index (χ3v) is 3.25. The smallest absolute Gasteiger partial charge is 0.250 e. The number of rotatable bonds is 5. The summed E-state index contributed by atoms with van der Waals surface area (Å²) in [6, 6.07) is 11.7. The molecule has 0 aliphatic rings. The maximum Gasteiger partial charge on any atom is 0.250 e. The van der Waals surface area contributed by atoms with Crippen LogP contribution in [0, 0.1) is 11.6 Å². The molecule has 1 aromatic heterocycles. The van der Waals surface area contributed by atoms with E-state index in [1.165, 1.54) is 30.3 Å². The highest BCUT2D eigenvalue weighted by molar-refractivity contribution is 5.90. The van der Waals surface area contributed by atoms with Gasteiger partial charge in [0.25, 0.3) is 5.89 Å². The molecule has 0 unspecified atom stereocenters. The lowest BCUT2D eigenvalue weighted by molar-refractivity contribution is -0.116. The highest BCUT2D eigenvalue weighted by Crippen LogP contribution is 2.21. The number of anilines is 1. The first-order valence-corrected chi connectivity index (χ1v) is 7.24. The zero-order valence-corrected chi connectivity index (χ0v) is 12.5. The van der Waals surface area contributed by atoms with Gasteiger partial charge in [0, 0.05) is 18.5 Å². The number of nitrogens with zero attached hydrogens (tertiary/aromatic N) is 2. The Kier molecular flexibility index (Phi) is 4.60. The molecule has 0 spiro atoms. The van der Waals surface area contributed by atoms with E-state index in [-0.39, 0.29) is 36.1 Å². The molecule has 3 aromatic rings. The fraction of sp³-hybridized carbons (Fsp3) is 0.118. The molecule has 0 aliphatic heterocycles. The van der Waals surface area contributed by atoms with E-state index in [1.54, 1.807) is 18.2 Å². The van der Waals surface area contributed by atoms with E-state index >= 15 is 0 Å². The second-order valence-corrected chi connectivity index (χ2v) is 5.04. The first-order chi connectivity index (χ1) is 11.6. The molecule has 122 valence electrons. The van der Waals surface area contributed by atoms with Gasteiger partial charge < -0.3 is 9.73 Å². The van der Waals surface area contributed by atoms with Crippen molar-refractivity contribution < 1.29 is 18.0 Å². The lowest BCUT2D eigenvalue weighted by Crippen LogP contribution is -2.12. The van der Waals surface area contributed by atoms with Crippen LogP contribution in [0.15, 0.2) is 52.9 Å². The SMILES string of the molecule is O=C(CCc1nnc(-c2ccccc2F)o1)Nc1cccc(F)c1. The van der Waals surface area contributed by atoms with Crippen LogP contribution in [-0.4, -0.2) is 16.1 Å². The zero-order chi connectivity index (χ0) is 16.9. The molecule has 0 fully saturated rings. The van der Waals surface area contributed by atoms with Crippen LogP contribution in [0.25, 0.3) is 11.5 Å². The molecule has 5 nitrogen and oxygen atoms in total. The predicted octanol–water partition coefficient (Wildman–Crippen LogP) is 3.59. The summed E-state index contributed by atoms with van der Waals surface area (Å²) in [5.41, 5.74) is 0.582. The summed E-state index contributed by atoms with van der Waals surface area (Å²) in [7, 11) is 0. The van der Waals surface area contributed by atoms with Gasteiger partial charge in [-0.1, -0.05) is 18.2 Å². The summed E-state index contributed by atoms with van der Waals surface area (Å²) in [4.78, 5) is 11.8. The van der Waals surface area contributed by atoms with Gasteiger partial charge in [-0.15, -0.1) is 10.2 Å². The van der Waals surface area contributed by atoms with Crippen molar-refractivity contribution in [3.8, 4) is 11.5 Å². The summed E-state index contributed by atoms with van der Waals surface area (Å²) >= 11 is 0. The van der Waals surface area contributed by atoms with E-state index in [0.29, 0.717) is 5.69 Å². The van der Waals surface area contributed by atoms with Crippen molar-refractivity contribution in [2.24, 2.45) is 0 Å². The largest absolute Gasteiger partial charge is 0.421 e. The van der Waals surface area contributed by atoms with E-state index < -0.39 is 11.6 Å². The Morgan fingerprint density at radius 2 is 1.92 bits per heavy atom. The van der Waals surface area contributed by atoms with Crippen molar-refractivity contribution in [3.05, 3.63) is 66.1 Å². The Hall–Kier alpha value is -3.09. The molecular weight excluding hydrogens is 316 g/mol. The van der Waals surface area contributed by atoms with Gasteiger partial charge in [0.1, 0.15) is 11.6 Å². The number of hydrogen-bond donors (Lipinski definition) is 1. The molecule has 0 bridgehead atoms. The Morgan fingerprint density at radius 3 is 2.71 bits per heavy atom. The molecular formula is C17H13F2N3O2. The standard InChI is InChI=1S/C17H13F2N3O2/c18-11-4-3-5-12(10-11)20-15(23)8-9-16-21-22-17(24-16)13-6-1-2-7-14(13)19/h1-7,10H,8-9H2,(H,20,23). The van der Waals surface area contributed by atoms with E-state index in [0.717, 1.165) is 0 Å². The zero-order valence-electron chi connectivity index (χ0n) is 12.5. The number of benzene rings is 2. The molecule has 0 saturated carbocycles. The van der Waals surface area contributed by atoms with E-state index in [2.05, 4.69) is 15.5 Å². The number of halogens is 2. The highest BCUT2D eigenvalue weighted by Gasteiger charge is 2.13. The van der Waals surface area contributed by atoms with Gasteiger partial charge in [-0.25, -0.2) is 8.78 Å². The summed E-state index contributed by atoms with van der Waals surface area (Å²) in [5, 5.41) is 10.2. The number of amides is 1. The molecule has 0 atom stereocenters. The molecule has 1 amide bonds. The monoisotopic (exact) mass is 329 g/mol. The third kappa shape index (κ3) is 3.81. The summed E-state index contributed by atoms with van der Waals surface area (Å²) < 4.78 is 32.1. The van der Waals surface area contributed by atoms with Gasteiger partial charge in [0.15, 0.2) is 0 Å². The minimum atomic E-state index is -0.462. The van der Waals surface area contributed by atoms with Crippen LogP contribution in [-0.2, 0) is 11.2 Å². The minimum Gasteiger partial charge on any atom is -0.421 e. The van der Waals surface area contributed by atoms with Crippen molar-refractivity contribution in [3.63, 3.8) is 0 Å². The molecule has 0 radical (unpaired) electrons. The van der Waals surface area contributed by atoms with Gasteiger partial charge in [-0.3, -0.25) is 4.79 Å². The van der Waals surface area contributed by atoms with Gasteiger partial charge in [-0.2, -0.15) is 0 Å². The second kappa shape index (κ2) is 6.99. The van der Waals surface area contributed by atoms with Crippen LogP contribution < -0.4 is 5.32 Å². The summed E-state index contributed by atoms with van der Waals surface area (Å²) in [6.07, 6.45) is 0.276. The summed E-state index contributed by atoms with van der Waals surface area (Å²) in [6.45, 7) is 0. The normalized spacial score (nSPS) is 10.6. The molecule has 7 heteroatoms. The Balaban J connectivity index is 1.59. The van der Waals surface area contributed by atoms with Gasteiger partial charge >= 0.3 is 0 Å². The molecule has 24 heavy (non-hydrogen) atoms. The average molecular weight is 329 g/mol. The van der Waals surface area contributed by atoms with Gasteiger partial charge in [0.2, 0.25) is 11.8 Å². The summed E-state index contributed by atoms with van der Waals surface area (Å²) in [5.74, 6) is -0.918. The van der Waals surface area contributed by atoms with E-state index in [9.17, 15) is 13.6 Å². The maximum absolute atomic E-state index is 13.7. The Morgan fingerprint density at radius 1 is 1.08 bits per heavy atom. The van der Waals surface area contributed by atoms with Crippen LogP contribution in [0.4, 0.5) is 14.5 Å². The number of carbonyl (C=O) groups is 1. The minimum absolute atomic E-state index is 0.0636. The number of aromatic nitrogens is 2. The highest BCUT2D eigenvalue weighted by atomic mass is 19.1. The lowest BCUT2D eigenvalue weighted by atomic mass is 10.2. The van der Waals surface area contributed by atoms with Crippen LogP contribution in [0.5, 0.6) is 0 Å². The van der Waals surface area contributed by atoms with Crippen molar-refractivity contribution in [1.29, 1.82) is 0 Å². The Labute approximate surface area is 136 Å². The number of nitrogens with one attached hydrogen (secondary N) is 1. The Bertz CT molecular complexity index is 864. The van der Waals surface area contributed by atoms with Crippen molar-refractivity contribution >= 4 is 11.6 Å². The number of aryl methyl sites for hydroxylation is 1. The molecule has 3 rings (SSSR count). The fourth-order valence-corrected chi connectivity index (χ4v) is 2.11. The quantitative estimate of drug-likeness (QED) is 0.777. The second-order valence-electron chi connectivity index (χ2n) is 5.04. The average Bonchev–Trinajstić information content (AvgIpc) is 3.02. The van der Waals surface area contributed by atoms with Crippen LogP contribution in [0.1, 0.15) is 12.3 Å². The first-order valence-electron chi connectivity index (χ1n) is 7.24. The third-order valence-electron chi connectivity index (χ3n) is 3.25. The topological polar surface area (TPSA) is 68.0 Å². The van der Waals surface area contributed by atoms with Crippen molar-refractivity contribution in [2.75, 3.05) is 5.32 Å². The van der Waals surface area contributed by atoms with Crippen LogP contribution in [0.3, 0.4) is 0 Å². The van der Waals surface area contributed by atoms with E-state index in [4.69, 9.17) is 4.42 Å². The fourth-order valence-electron chi connectivity index (χ4n) is 2.11.